The number of hydrogen-bond donors (Lipinski definition) is 0. The Kier molecular flexibility index (Phi) is 3.00. The molecule has 0 saturated heterocycles. The predicted octanol–water partition coefficient (Wildman–Crippen LogP) is 1.76. The molecule has 0 radical (unpaired) electrons. The zero-order valence-electron chi connectivity index (χ0n) is 10.4. The molecular formula is C13H9N5O2. The lowest BCUT2D eigenvalue weighted by atomic mass is 10.1. The molecular weight excluding hydrogens is 258 g/mol. The monoisotopic (exact) mass is 267 g/mol. The van der Waals surface area contributed by atoms with E-state index in [1.54, 1.807) is 18.2 Å². The van der Waals surface area contributed by atoms with E-state index in [2.05, 4.69) is 32.0 Å². The first-order valence-corrected chi connectivity index (χ1v) is 5.83. The SMILES string of the molecule is C=CCOc1ccccc1C1=NC(=O)C2=NN=NC2=N1. The van der Waals surface area contributed by atoms with E-state index in [0.717, 1.165) is 0 Å². The zero-order chi connectivity index (χ0) is 13.9. The first-order valence-electron chi connectivity index (χ1n) is 5.83. The molecule has 0 atom stereocenters. The molecule has 98 valence electrons. The minimum Gasteiger partial charge on any atom is -0.489 e. The van der Waals surface area contributed by atoms with Crippen molar-refractivity contribution in [2.45, 2.75) is 0 Å². The van der Waals surface area contributed by atoms with Gasteiger partial charge >= 0.3 is 5.91 Å². The molecule has 1 amide bonds. The Morgan fingerprint density at radius 2 is 2.05 bits per heavy atom. The normalized spacial score (nSPS) is 16.2. The lowest BCUT2D eigenvalue weighted by Gasteiger charge is -2.11. The first kappa shape index (κ1) is 12.1. The molecule has 1 aromatic rings. The van der Waals surface area contributed by atoms with Crippen molar-refractivity contribution in [3.8, 4) is 5.75 Å². The van der Waals surface area contributed by atoms with Crippen LogP contribution in [0.2, 0.25) is 0 Å². The van der Waals surface area contributed by atoms with E-state index in [4.69, 9.17) is 4.74 Å². The van der Waals surface area contributed by atoms with Crippen LogP contribution in [-0.2, 0) is 4.79 Å². The summed E-state index contributed by atoms with van der Waals surface area (Å²) in [6.07, 6.45) is 1.63. The van der Waals surface area contributed by atoms with Crippen LogP contribution in [0, 0.1) is 0 Å². The first-order chi connectivity index (χ1) is 9.79. The number of nitrogens with zero attached hydrogens (tertiary/aromatic N) is 5. The number of aliphatic imine (C=N–C) groups is 2. The van der Waals surface area contributed by atoms with Crippen molar-refractivity contribution in [1.29, 1.82) is 0 Å². The van der Waals surface area contributed by atoms with Crippen LogP contribution in [0.4, 0.5) is 0 Å². The van der Waals surface area contributed by atoms with Gasteiger partial charge in [0.25, 0.3) is 0 Å². The van der Waals surface area contributed by atoms with Gasteiger partial charge in [-0.1, -0.05) is 24.8 Å². The summed E-state index contributed by atoms with van der Waals surface area (Å²) in [7, 11) is 0. The maximum absolute atomic E-state index is 11.8. The van der Waals surface area contributed by atoms with Gasteiger partial charge in [-0.2, -0.15) is 4.99 Å². The molecule has 20 heavy (non-hydrogen) atoms. The van der Waals surface area contributed by atoms with Gasteiger partial charge in [-0.15, -0.1) is 10.2 Å². The van der Waals surface area contributed by atoms with Gasteiger partial charge in [-0.05, 0) is 17.4 Å². The minimum atomic E-state index is -0.506. The Morgan fingerprint density at radius 3 is 2.90 bits per heavy atom. The van der Waals surface area contributed by atoms with Crippen molar-refractivity contribution >= 4 is 23.3 Å². The molecule has 1 aromatic carbocycles. The molecule has 7 nitrogen and oxygen atoms in total. The summed E-state index contributed by atoms with van der Waals surface area (Å²) >= 11 is 0. The third-order valence-corrected chi connectivity index (χ3v) is 2.60. The van der Waals surface area contributed by atoms with Crippen molar-refractivity contribution in [2.24, 2.45) is 25.4 Å². The van der Waals surface area contributed by atoms with E-state index in [-0.39, 0.29) is 17.4 Å². The Bertz CT molecular complexity index is 715. The third kappa shape index (κ3) is 2.05. The maximum Gasteiger partial charge on any atom is 0.303 e. The van der Waals surface area contributed by atoms with Gasteiger partial charge in [0.1, 0.15) is 12.4 Å². The van der Waals surface area contributed by atoms with Gasteiger partial charge in [0.05, 0.1) is 5.56 Å². The van der Waals surface area contributed by atoms with E-state index >= 15 is 0 Å². The molecule has 2 heterocycles. The lowest BCUT2D eigenvalue weighted by Crippen LogP contribution is -2.26. The summed E-state index contributed by atoms with van der Waals surface area (Å²) in [5.41, 5.74) is 0.676. The van der Waals surface area contributed by atoms with E-state index in [1.165, 1.54) is 0 Å². The highest BCUT2D eigenvalue weighted by atomic mass is 16.5. The molecule has 0 N–H and O–H groups in total. The second kappa shape index (κ2) is 4.96. The molecule has 0 bridgehead atoms. The fourth-order valence-corrected chi connectivity index (χ4v) is 1.74. The number of amidine groups is 2. The van der Waals surface area contributed by atoms with Gasteiger partial charge in [0.2, 0.25) is 11.5 Å². The highest BCUT2D eigenvalue weighted by Crippen LogP contribution is 2.22. The predicted molar refractivity (Wildman–Crippen MR) is 73.4 cm³/mol. The van der Waals surface area contributed by atoms with Crippen LogP contribution in [-0.4, -0.2) is 29.9 Å². The van der Waals surface area contributed by atoms with Gasteiger partial charge in [0.15, 0.2) is 5.84 Å². The average Bonchev–Trinajstić information content (AvgIpc) is 2.94. The Hall–Kier alpha value is -2.96. The number of benzene rings is 1. The van der Waals surface area contributed by atoms with Gasteiger partial charge in [0, 0.05) is 0 Å². The van der Waals surface area contributed by atoms with Crippen molar-refractivity contribution in [3.63, 3.8) is 0 Å². The van der Waals surface area contributed by atoms with Crippen molar-refractivity contribution < 1.29 is 9.53 Å². The number of ether oxygens (including phenoxy) is 1. The van der Waals surface area contributed by atoms with Crippen LogP contribution in [0.5, 0.6) is 5.75 Å². The topological polar surface area (TPSA) is 88.1 Å². The number of rotatable bonds is 4. The maximum atomic E-state index is 11.8. The zero-order valence-corrected chi connectivity index (χ0v) is 10.4. The van der Waals surface area contributed by atoms with Crippen LogP contribution in [0.15, 0.2) is 62.3 Å². The minimum absolute atomic E-state index is 0.0678. The number of hydrogen-bond acceptors (Lipinski definition) is 6. The van der Waals surface area contributed by atoms with Gasteiger partial charge in [-0.3, -0.25) is 4.79 Å². The lowest BCUT2D eigenvalue weighted by molar-refractivity contribution is -0.111. The second-order valence-electron chi connectivity index (χ2n) is 3.91. The van der Waals surface area contributed by atoms with Crippen molar-refractivity contribution in [1.82, 2.24) is 0 Å². The molecule has 0 spiro atoms. The van der Waals surface area contributed by atoms with Crippen molar-refractivity contribution in [3.05, 3.63) is 42.5 Å². The number of para-hydroxylation sites is 1. The highest BCUT2D eigenvalue weighted by molar-refractivity contribution is 6.69. The smallest absolute Gasteiger partial charge is 0.303 e. The van der Waals surface area contributed by atoms with E-state index in [9.17, 15) is 4.79 Å². The standard InChI is InChI=1S/C13H9N5O2/c1-2-7-20-9-6-4-3-5-8(9)11-14-12-10(13(19)15-11)16-18-17-12/h2-6H,1,7H2. The molecule has 0 aromatic heterocycles. The Balaban J connectivity index is 2.02. The number of amides is 1. The van der Waals surface area contributed by atoms with Gasteiger partial charge < -0.3 is 4.74 Å². The van der Waals surface area contributed by atoms with Crippen LogP contribution in [0.25, 0.3) is 0 Å². The molecule has 0 aliphatic carbocycles. The highest BCUT2D eigenvalue weighted by Gasteiger charge is 2.28. The number of fused-ring (bicyclic) bond motifs is 1. The summed E-state index contributed by atoms with van der Waals surface area (Å²) in [6, 6.07) is 7.17. The summed E-state index contributed by atoms with van der Waals surface area (Å²) in [6.45, 7) is 3.94. The fourth-order valence-electron chi connectivity index (χ4n) is 1.74. The summed E-state index contributed by atoms with van der Waals surface area (Å²) in [5, 5.41) is 10.7. The molecule has 0 fully saturated rings. The molecule has 3 rings (SSSR count). The van der Waals surface area contributed by atoms with E-state index < -0.39 is 5.91 Å². The summed E-state index contributed by atoms with van der Waals surface area (Å²) < 4.78 is 5.52. The largest absolute Gasteiger partial charge is 0.489 e. The number of carbonyl (C=O) groups is 1. The van der Waals surface area contributed by atoms with Crippen LogP contribution < -0.4 is 4.74 Å². The Labute approximate surface area is 114 Å². The molecule has 0 unspecified atom stereocenters. The third-order valence-electron chi connectivity index (χ3n) is 2.60. The van der Waals surface area contributed by atoms with Crippen LogP contribution in [0.1, 0.15) is 5.56 Å². The molecule has 0 saturated carbocycles. The molecule has 7 heteroatoms. The van der Waals surface area contributed by atoms with E-state index in [0.29, 0.717) is 17.9 Å². The second-order valence-corrected chi connectivity index (χ2v) is 3.91. The van der Waals surface area contributed by atoms with Gasteiger partial charge in [-0.25, -0.2) is 4.99 Å². The molecule has 2 aliphatic heterocycles. The van der Waals surface area contributed by atoms with Crippen LogP contribution >= 0.6 is 0 Å². The summed E-state index contributed by atoms with van der Waals surface area (Å²) in [4.78, 5) is 19.9. The van der Waals surface area contributed by atoms with Crippen molar-refractivity contribution in [2.75, 3.05) is 6.61 Å². The van der Waals surface area contributed by atoms with Crippen LogP contribution in [0.3, 0.4) is 0 Å². The average molecular weight is 267 g/mol. The Morgan fingerprint density at radius 1 is 1.20 bits per heavy atom. The molecule has 2 aliphatic rings. The fraction of sp³-hybridized carbons (Fsp3) is 0.0769. The quantitative estimate of drug-likeness (QED) is 0.778. The van der Waals surface area contributed by atoms with E-state index in [1.807, 2.05) is 12.1 Å². The summed E-state index contributed by atoms with van der Waals surface area (Å²) in [5.74, 6) is 0.482. The number of carbonyl (C=O) groups excluding carboxylic acids is 1.